The number of nitrogens with zero attached hydrogens (tertiary/aromatic N) is 4. The summed E-state index contributed by atoms with van der Waals surface area (Å²) in [6.07, 6.45) is 0. The van der Waals surface area contributed by atoms with Crippen LogP contribution in [0, 0.1) is 6.92 Å². The van der Waals surface area contributed by atoms with Crippen molar-refractivity contribution in [1.29, 1.82) is 0 Å². The molecular formula is C11H16N6S. The molecule has 1 atom stereocenters. The first-order valence-corrected chi connectivity index (χ1v) is 6.93. The first kappa shape index (κ1) is 11.6. The van der Waals surface area contributed by atoms with E-state index in [2.05, 4.69) is 37.3 Å². The number of thiazole rings is 1. The highest BCUT2D eigenvalue weighted by atomic mass is 32.1. The molecule has 0 saturated carbocycles. The van der Waals surface area contributed by atoms with Gasteiger partial charge in [-0.1, -0.05) is 0 Å². The first-order chi connectivity index (χ1) is 8.72. The monoisotopic (exact) mass is 264 g/mol. The minimum absolute atomic E-state index is 0.474. The number of aromatic amines is 1. The lowest BCUT2D eigenvalue weighted by Gasteiger charge is -2.30. The van der Waals surface area contributed by atoms with Crippen LogP contribution < -0.4 is 10.2 Å². The van der Waals surface area contributed by atoms with E-state index < -0.39 is 0 Å². The summed E-state index contributed by atoms with van der Waals surface area (Å²) in [5.41, 5.74) is 0.874. The number of aryl methyl sites for hydroxylation is 1. The van der Waals surface area contributed by atoms with Gasteiger partial charge >= 0.3 is 0 Å². The molecule has 0 unspecified atom stereocenters. The van der Waals surface area contributed by atoms with Crippen LogP contribution in [0.3, 0.4) is 0 Å². The SMILES string of the molecule is Cc1nc(-c2nc(N3CCN[C@H](C)C3)n[nH]2)cs1. The quantitative estimate of drug-likeness (QED) is 0.848. The topological polar surface area (TPSA) is 69.7 Å². The lowest BCUT2D eigenvalue weighted by Crippen LogP contribution is -2.49. The number of hydrogen-bond acceptors (Lipinski definition) is 6. The van der Waals surface area contributed by atoms with E-state index in [9.17, 15) is 0 Å². The lowest BCUT2D eigenvalue weighted by atomic mass is 10.2. The van der Waals surface area contributed by atoms with Crippen molar-refractivity contribution in [2.24, 2.45) is 0 Å². The van der Waals surface area contributed by atoms with Crippen molar-refractivity contribution in [1.82, 2.24) is 25.5 Å². The molecule has 0 spiro atoms. The van der Waals surface area contributed by atoms with Crippen molar-refractivity contribution in [2.45, 2.75) is 19.9 Å². The van der Waals surface area contributed by atoms with E-state index in [0.717, 1.165) is 42.1 Å². The van der Waals surface area contributed by atoms with E-state index in [1.165, 1.54) is 0 Å². The molecule has 1 saturated heterocycles. The number of aromatic nitrogens is 4. The first-order valence-electron chi connectivity index (χ1n) is 6.05. The predicted octanol–water partition coefficient (Wildman–Crippen LogP) is 1.03. The molecule has 2 N–H and O–H groups in total. The average molecular weight is 264 g/mol. The summed E-state index contributed by atoms with van der Waals surface area (Å²) in [6.45, 7) is 7.01. The van der Waals surface area contributed by atoms with E-state index in [1.807, 2.05) is 12.3 Å². The zero-order chi connectivity index (χ0) is 12.5. The van der Waals surface area contributed by atoms with Crippen molar-refractivity contribution in [2.75, 3.05) is 24.5 Å². The number of anilines is 1. The smallest absolute Gasteiger partial charge is 0.245 e. The minimum atomic E-state index is 0.474. The Balaban J connectivity index is 1.80. The zero-order valence-corrected chi connectivity index (χ0v) is 11.3. The fourth-order valence-corrected chi connectivity index (χ4v) is 2.69. The van der Waals surface area contributed by atoms with Crippen LogP contribution >= 0.6 is 11.3 Å². The summed E-state index contributed by atoms with van der Waals surface area (Å²) in [4.78, 5) is 11.1. The third kappa shape index (κ3) is 2.23. The molecule has 1 aliphatic rings. The van der Waals surface area contributed by atoms with Gasteiger partial charge in [0.2, 0.25) is 5.95 Å². The van der Waals surface area contributed by atoms with Gasteiger partial charge in [-0.3, -0.25) is 5.10 Å². The van der Waals surface area contributed by atoms with Gasteiger partial charge in [0.15, 0.2) is 5.82 Å². The molecule has 7 heteroatoms. The third-order valence-electron chi connectivity index (χ3n) is 2.99. The van der Waals surface area contributed by atoms with Gasteiger partial charge in [0.05, 0.1) is 5.01 Å². The number of hydrogen-bond donors (Lipinski definition) is 2. The summed E-state index contributed by atoms with van der Waals surface area (Å²) in [7, 11) is 0. The van der Waals surface area contributed by atoms with Crippen LogP contribution in [0.2, 0.25) is 0 Å². The molecule has 1 aliphatic heterocycles. The maximum Gasteiger partial charge on any atom is 0.245 e. The molecule has 18 heavy (non-hydrogen) atoms. The molecule has 1 fully saturated rings. The Kier molecular flexibility index (Phi) is 3.00. The van der Waals surface area contributed by atoms with E-state index in [-0.39, 0.29) is 0 Å². The van der Waals surface area contributed by atoms with E-state index in [1.54, 1.807) is 11.3 Å². The number of rotatable bonds is 2. The molecule has 2 aromatic rings. The van der Waals surface area contributed by atoms with Gasteiger partial charge in [-0.05, 0) is 13.8 Å². The molecular weight excluding hydrogens is 248 g/mol. The highest BCUT2D eigenvalue weighted by Crippen LogP contribution is 2.20. The third-order valence-corrected chi connectivity index (χ3v) is 3.76. The van der Waals surface area contributed by atoms with Crippen LogP contribution in [0.5, 0.6) is 0 Å². The van der Waals surface area contributed by atoms with Crippen molar-refractivity contribution in [3.05, 3.63) is 10.4 Å². The largest absolute Gasteiger partial charge is 0.337 e. The van der Waals surface area contributed by atoms with Gasteiger partial charge in [-0.15, -0.1) is 16.4 Å². The maximum atomic E-state index is 4.53. The van der Waals surface area contributed by atoms with Crippen LogP contribution in [-0.2, 0) is 0 Å². The number of piperazine rings is 1. The van der Waals surface area contributed by atoms with Gasteiger partial charge in [-0.2, -0.15) is 4.98 Å². The van der Waals surface area contributed by atoms with Gasteiger partial charge in [0, 0.05) is 31.1 Å². The van der Waals surface area contributed by atoms with Crippen LogP contribution in [-0.4, -0.2) is 45.8 Å². The molecule has 2 aromatic heterocycles. The Morgan fingerprint density at radius 1 is 1.44 bits per heavy atom. The normalized spacial score (nSPS) is 20.3. The molecule has 3 heterocycles. The molecule has 0 amide bonds. The highest BCUT2D eigenvalue weighted by Gasteiger charge is 2.19. The highest BCUT2D eigenvalue weighted by molar-refractivity contribution is 7.09. The van der Waals surface area contributed by atoms with Gasteiger partial charge in [0.1, 0.15) is 5.69 Å². The summed E-state index contributed by atoms with van der Waals surface area (Å²) >= 11 is 1.62. The Hall–Kier alpha value is -1.47. The minimum Gasteiger partial charge on any atom is -0.337 e. The van der Waals surface area contributed by atoms with Gasteiger partial charge in [0.25, 0.3) is 0 Å². The number of H-pyrrole nitrogens is 1. The van der Waals surface area contributed by atoms with Crippen molar-refractivity contribution < 1.29 is 0 Å². The Morgan fingerprint density at radius 2 is 2.33 bits per heavy atom. The van der Waals surface area contributed by atoms with Crippen molar-refractivity contribution >= 4 is 17.3 Å². The molecule has 6 nitrogen and oxygen atoms in total. The maximum absolute atomic E-state index is 4.53. The molecule has 96 valence electrons. The van der Waals surface area contributed by atoms with E-state index >= 15 is 0 Å². The van der Waals surface area contributed by atoms with E-state index in [4.69, 9.17) is 0 Å². The number of nitrogens with one attached hydrogen (secondary N) is 2. The molecule has 0 aliphatic carbocycles. The summed E-state index contributed by atoms with van der Waals surface area (Å²) in [5.74, 6) is 1.52. The van der Waals surface area contributed by atoms with Crippen molar-refractivity contribution in [3.8, 4) is 11.5 Å². The van der Waals surface area contributed by atoms with Gasteiger partial charge < -0.3 is 10.2 Å². The van der Waals surface area contributed by atoms with Gasteiger partial charge in [-0.25, -0.2) is 4.98 Å². The Morgan fingerprint density at radius 3 is 3.06 bits per heavy atom. The Labute approximate surface area is 109 Å². The molecule has 0 bridgehead atoms. The second-order valence-electron chi connectivity index (χ2n) is 4.54. The van der Waals surface area contributed by atoms with Crippen LogP contribution in [0.15, 0.2) is 5.38 Å². The zero-order valence-electron chi connectivity index (χ0n) is 10.5. The fraction of sp³-hybridized carbons (Fsp3) is 0.545. The molecule has 0 radical (unpaired) electrons. The molecule has 3 rings (SSSR count). The van der Waals surface area contributed by atoms with Crippen LogP contribution in [0.25, 0.3) is 11.5 Å². The summed E-state index contributed by atoms with van der Waals surface area (Å²) < 4.78 is 0. The second-order valence-corrected chi connectivity index (χ2v) is 5.60. The van der Waals surface area contributed by atoms with Crippen molar-refractivity contribution in [3.63, 3.8) is 0 Å². The lowest BCUT2D eigenvalue weighted by molar-refractivity contribution is 0.480. The standard InChI is InChI=1S/C11H16N6S/c1-7-5-17(4-3-12-7)11-14-10(15-16-11)9-6-18-8(2)13-9/h6-7,12H,3-5H2,1-2H3,(H,14,15,16)/t7-/m1/s1. The van der Waals surface area contributed by atoms with Crippen LogP contribution in [0.1, 0.15) is 11.9 Å². The Bertz CT molecular complexity index is 533. The predicted molar refractivity (Wildman–Crippen MR) is 71.9 cm³/mol. The fourth-order valence-electron chi connectivity index (χ4n) is 2.10. The summed E-state index contributed by atoms with van der Waals surface area (Å²) in [6, 6.07) is 0.474. The van der Waals surface area contributed by atoms with E-state index in [0.29, 0.717) is 6.04 Å². The molecule has 0 aromatic carbocycles. The van der Waals surface area contributed by atoms with Crippen LogP contribution in [0.4, 0.5) is 5.95 Å². The second kappa shape index (κ2) is 4.66. The summed E-state index contributed by atoms with van der Waals surface area (Å²) in [5, 5.41) is 13.7. The average Bonchev–Trinajstić information content (AvgIpc) is 2.97.